The second-order valence-corrected chi connectivity index (χ2v) is 6.09. The van der Waals surface area contributed by atoms with E-state index in [2.05, 4.69) is 4.72 Å². The van der Waals surface area contributed by atoms with E-state index < -0.39 is 16.2 Å². The zero-order valence-corrected chi connectivity index (χ0v) is 12.0. The summed E-state index contributed by atoms with van der Waals surface area (Å²) in [7, 11) is -3.62. The van der Waals surface area contributed by atoms with Gasteiger partial charge < -0.3 is 9.84 Å². The first-order valence-electron chi connectivity index (χ1n) is 6.34. The minimum absolute atomic E-state index is 0.313. The molecule has 2 N–H and O–H groups in total. The zero-order valence-electron chi connectivity index (χ0n) is 11.2. The third-order valence-corrected chi connectivity index (χ3v) is 4.40. The molecule has 0 radical (unpaired) electrons. The van der Waals surface area contributed by atoms with Crippen molar-refractivity contribution in [1.82, 2.24) is 4.31 Å². The number of nitrogens with zero attached hydrogens (tertiary/aromatic N) is 1. The van der Waals surface area contributed by atoms with Crippen LogP contribution in [0.3, 0.4) is 0 Å². The Hall–Kier alpha value is -1.90. The van der Waals surface area contributed by atoms with Gasteiger partial charge in [0.25, 0.3) is 0 Å². The van der Waals surface area contributed by atoms with Crippen LogP contribution < -0.4 is 4.72 Å². The summed E-state index contributed by atoms with van der Waals surface area (Å²) in [4.78, 5) is 10.5. The normalized spacial score (nSPS) is 17.0. The molecule has 0 aliphatic carbocycles. The van der Waals surface area contributed by atoms with E-state index in [1.54, 1.807) is 24.3 Å². The van der Waals surface area contributed by atoms with Crippen LogP contribution >= 0.6 is 0 Å². The maximum Gasteiger partial charge on any atom is 0.328 e. The van der Waals surface area contributed by atoms with Gasteiger partial charge in [-0.05, 0) is 23.8 Å². The van der Waals surface area contributed by atoms with Gasteiger partial charge in [0, 0.05) is 19.2 Å². The summed E-state index contributed by atoms with van der Waals surface area (Å²) in [5, 5.41) is 8.58. The summed E-state index contributed by atoms with van der Waals surface area (Å²) in [6.45, 7) is 1.38. The fourth-order valence-electron chi connectivity index (χ4n) is 1.87. The molecular formula is C13H16N2O5S. The van der Waals surface area contributed by atoms with E-state index in [-0.39, 0.29) is 0 Å². The molecule has 114 valence electrons. The molecule has 0 atom stereocenters. The summed E-state index contributed by atoms with van der Waals surface area (Å²) in [5.74, 6) is -1.06. The Bertz CT molecular complexity index is 636. The molecule has 1 aromatic rings. The highest BCUT2D eigenvalue weighted by Gasteiger charge is 2.23. The quantitative estimate of drug-likeness (QED) is 0.783. The highest BCUT2D eigenvalue weighted by Crippen LogP contribution is 2.15. The van der Waals surface area contributed by atoms with Gasteiger partial charge in [-0.1, -0.05) is 12.1 Å². The second kappa shape index (κ2) is 6.70. The SMILES string of the molecule is O=C(O)C=Cc1cccc(NS(=O)(=O)N2CCOCC2)c1. The molecular weight excluding hydrogens is 296 g/mol. The Morgan fingerprint density at radius 1 is 1.33 bits per heavy atom. The average Bonchev–Trinajstić information content (AvgIpc) is 2.46. The van der Waals surface area contributed by atoms with Crippen molar-refractivity contribution >= 4 is 27.9 Å². The summed E-state index contributed by atoms with van der Waals surface area (Å²) in [6.07, 6.45) is 2.39. The van der Waals surface area contributed by atoms with Crippen molar-refractivity contribution in [2.24, 2.45) is 0 Å². The van der Waals surface area contributed by atoms with Crippen LogP contribution in [0, 0.1) is 0 Å². The molecule has 0 saturated carbocycles. The Labute approximate surface area is 123 Å². The number of carboxylic acids is 1. The molecule has 0 bridgehead atoms. The van der Waals surface area contributed by atoms with Crippen LogP contribution in [0.25, 0.3) is 6.08 Å². The number of carbonyl (C=O) groups is 1. The third-order valence-electron chi connectivity index (χ3n) is 2.86. The van der Waals surface area contributed by atoms with E-state index in [9.17, 15) is 13.2 Å². The van der Waals surface area contributed by atoms with Gasteiger partial charge in [0.05, 0.1) is 18.9 Å². The standard InChI is InChI=1S/C13H16N2O5S/c16-13(17)5-4-11-2-1-3-12(10-11)14-21(18,19)15-6-8-20-9-7-15/h1-5,10,14H,6-9H2,(H,16,17). The fourth-order valence-corrected chi connectivity index (χ4v) is 3.06. The molecule has 0 amide bonds. The maximum atomic E-state index is 12.2. The molecule has 1 saturated heterocycles. The smallest absolute Gasteiger partial charge is 0.328 e. The summed E-state index contributed by atoms with van der Waals surface area (Å²) >= 11 is 0. The van der Waals surface area contributed by atoms with Crippen LogP contribution in [0.15, 0.2) is 30.3 Å². The summed E-state index contributed by atoms with van der Waals surface area (Å²) in [5.41, 5.74) is 0.980. The molecule has 1 aliphatic rings. The highest BCUT2D eigenvalue weighted by atomic mass is 32.2. The van der Waals surface area contributed by atoms with Gasteiger partial charge in [0.2, 0.25) is 0 Å². The average molecular weight is 312 g/mol. The van der Waals surface area contributed by atoms with Crippen LogP contribution in [-0.4, -0.2) is 50.1 Å². The molecule has 1 heterocycles. The van der Waals surface area contributed by atoms with Crippen molar-refractivity contribution in [2.75, 3.05) is 31.0 Å². The molecule has 1 fully saturated rings. The lowest BCUT2D eigenvalue weighted by atomic mass is 10.2. The Morgan fingerprint density at radius 2 is 2.05 bits per heavy atom. The number of benzene rings is 1. The van der Waals surface area contributed by atoms with Gasteiger partial charge in [-0.2, -0.15) is 12.7 Å². The lowest BCUT2D eigenvalue weighted by molar-refractivity contribution is -0.131. The number of aliphatic carboxylic acids is 1. The van der Waals surface area contributed by atoms with Gasteiger partial charge >= 0.3 is 16.2 Å². The van der Waals surface area contributed by atoms with E-state index in [1.165, 1.54) is 10.4 Å². The van der Waals surface area contributed by atoms with Crippen molar-refractivity contribution in [3.63, 3.8) is 0 Å². The van der Waals surface area contributed by atoms with Gasteiger partial charge in [0.1, 0.15) is 0 Å². The zero-order chi connectivity index (χ0) is 15.3. The van der Waals surface area contributed by atoms with Crippen LogP contribution in [0.1, 0.15) is 5.56 Å². The predicted octanol–water partition coefficient (Wildman–Crippen LogP) is 0.773. The van der Waals surface area contributed by atoms with Crippen LogP contribution in [-0.2, 0) is 19.7 Å². The van der Waals surface area contributed by atoms with Crippen molar-refractivity contribution in [2.45, 2.75) is 0 Å². The van der Waals surface area contributed by atoms with Crippen molar-refractivity contribution in [3.8, 4) is 0 Å². The minimum atomic E-state index is -3.62. The Balaban J connectivity index is 2.11. The van der Waals surface area contributed by atoms with E-state index in [0.717, 1.165) is 6.08 Å². The van der Waals surface area contributed by atoms with Gasteiger partial charge in [0.15, 0.2) is 0 Å². The molecule has 0 unspecified atom stereocenters. The molecule has 1 aliphatic heterocycles. The maximum absolute atomic E-state index is 12.2. The minimum Gasteiger partial charge on any atom is -0.478 e. The Morgan fingerprint density at radius 3 is 2.71 bits per heavy atom. The van der Waals surface area contributed by atoms with Gasteiger partial charge in [-0.3, -0.25) is 4.72 Å². The van der Waals surface area contributed by atoms with Crippen molar-refractivity contribution < 1.29 is 23.1 Å². The number of hydrogen-bond donors (Lipinski definition) is 2. The number of nitrogens with one attached hydrogen (secondary N) is 1. The number of morpholine rings is 1. The molecule has 2 rings (SSSR count). The Kier molecular flexibility index (Phi) is 4.94. The third kappa shape index (κ3) is 4.55. The van der Waals surface area contributed by atoms with Gasteiger partial charge in [-0.15, -0.1) is 0 Å². The lowest BCUT2D eigenvalue weighted by Gasteiger charge is -2.26. The largest absolute Gasteiger partial charge is 0.478 e. The molecule has 8 heteroatoms. The summed E-state index contributed by atoms with van der Waals surface area (Å²) in [6, 6.07) is 6.51. The van der Waals surface area contributed by atoms with E-state index in [1.807, 2.05) is 0 Å². The topological polar surface area (TPSA) is 95.9 Å². The van der Waals surface area contributed by atoms with Crippen LogP contribution in [0.4, 0.5) is 5.69 Å². The van der Waals surface area contributed by atoms with E-state index >= 15 is 0 Å². The van der Waals surface area contributed by atoms with E-state index in [4.69, 9.17) is 9.84 Å². The first kappa shape index (κ1) is 15.5. The number of ether oxygens (including phenoxy) is 1. The lowest BCUT2D eigenvalue weighted by Crippen LogP contribution is -2.43. The summed E-state index contributed by atoms with van der Waals surface area (Å²) < 4.78 is 33.3. The van der Waals surface area contributed by atoms with Crippen LogP contribution in [0.2, 0.25) is 0 Å². The monoisotopic (exact) mass is 312 g/mol. The molecule has 21 heavy (non-hydrogen) atoms. The number of hydrogen-bond acceptors (Lipinski definition) is 4. The van der Waals surface area contributed by atoms with Gasteiger partial charge in [-0.25, -0.2) is 4.79 Å². The second-order valence-electron chi connectivity index (χ2n) is 4.42. The molecule has 0 spiro atoms. The van der Waals surface area contributed by atoms with Crippen molar-refractivity contribution in [3.05, 3.63) is 35.9 Å². The first-order chi connectivity index (χ1) is 9.97. The van der Waals surface area contributed by atoms with Crippen LogP contribution in [0.5, 0.6) is 0 Å². The number of anilines is 1. The van der Waals surface area contributed by atoms with E-state index in [0.29, 0.717) is 37.6 Å². The molecule has 7 nitrogen and oxygen atoms in total. The molecule has 1 aromatic carbocycles. The number of carboxylic acid groups (broad SMARTS) is 1. The number of rotatable bonds is 5. The highest BCUT2D eigenvalue weighted by molar-refractivity contribution is 7.90. The fraction of sp³-hybridized carbons (Fsp3) is 0.308. The molecule has 0 aromatic heterocycles. The predicted molar refractivity (Wildman–Crippen MR) is 78.0 cm³/mol. The van der Waals surface area contributed by atoms with Crippen molar-refractivity contribution in [1.29, 1.82) is 0 Å². The first-order valence-corrected chi connectivity index (χ1v) is 7.78.